The van der Waals surface area contributed by atoms with Gasteiger partial charge in [-0.2, -0.15) is 0 Å². The summed E-state index contributed by atoms with van der Waals surface area (Å²) in [7, 11) is 0. The molecule has 3 aromatic carbocycles. The zero-order chi connectivity index (χ0) is 20.5. The quantitative estimate of drug-likeness (QED) is 0.507. The van der Waals surface area contributed by atoms with Gasteiger partial charge in [-0.15, -0.1) is 0 Å². The van der Waals surface area contributed by atoms with Gasteiger partial charge in [0.25, 0.3) is 0 Å². The fraction of sp³-hybridized carbons (Fsp3) is 0.269. The van der Waals surface area contributed by atoms with Crippen molar-refractivity contribution < 1.29 is 14.3 Å². The van der Waals surface area contributed by atoms with E-state index in [-0.39, 0.29) is 23.9 Å². The average Bonchev–Trinajstić information content (AvgIpc) is 2.78. The van der Waals surface area contributed by atoms with Gasteiger partial charge in [-0.3, -0.25) is 4.79 Å². The van der Waals surface area contributed by atoms with E-state index in [1.54, 1.807) is 18.4 Å². The zero-order valence-electron chi connectivity index (χ0n) is 16.6. The maximum Gasteiger partial charge on any atom is 0.173 e. The third-order valence-electron chi connectivity index (χ3n) is 6.22. The van der Waals surface area contributed by atoms with Crippen molar-refractivity contribution in [2.24, 2.45) is 5.92 Å². The summed E-state index contributed by atoms with van der Waals surface area (Å²) in [6, 6.07) is 22.0. The number of ketones is 1. The predicted octanol–water partition coefficient (Wildman–Crippen LogP) is 6.19. The van der Waals surface area contributed by atoms with Crippen molar-refractivity contribution >= 4 is 33.7 Å². The summed E-state index contributed by atoms with van der Waals surface area (Å²) in [6.45, 7) is 0.573. The number of allylic oxidation sites excluding steroid dienone is 1. The van der Waals surface area contributed by atoms with Crippen molar-refractivity contribution in [2.75, 3.05) is 0 Å². The van der Waals surface area contributed by atoms with E-state index < -0.39 is 0 Å². The molecule has 3 unspecified atom stereocenters. The second-order valence-electron chi connectivity index (χ2n) is 8.07. The van der Waals surface area contributed by atoms with E-state index in [0.717, 1.165) is 24.8 Å². The summed E-state index contributed by atoms with van der Waals surface area (Å²) in [4.78, 5) is 13.1. The number of rotatable bonds is 4. The lowest BCUT2D eigenvalue weighted by atomic mass is 9.78. The van der Waals surface area contributed by atoms with Gasteiger partial charge < -0.3 is 9.47 Å². The molecule has 1 fully saturated rings. The molecule has 0 spiro atoms. The summed E-state index contributed by atoms with van der Waals surface area (Å²) in [5.74, 6) is 0.0687. The first kappa shape index (κ1) is 19.3. The minimum atomic E-state index is -0.111. The molecule has 3 atom stereocenters. The van der Waals surface area contributed by atoms with Crippen LogP contribution in [0.5, 0.6) is 0 Å². The Hall–Kier alpha value is -2.62. The van der Waals surface area contributed by atoms with E-state index in [2.05, 4.69) is 42.5 Å². The Balaban J connectivity index is 1.26. The van der Waals surface area contributed by atoms with Crippen LogP contribution in [0.3, 0.4) is 0 Å². The maximum absolute atomic E-state index is 13.1. The average molecular weight is 419 g/mol. The van der Waals surface area contributed by atoms with E-state index in [1.807, 2.05) is 12.1 Å². The van der Waals surface area contributed by atoms with Gasteiger partial charge in [-0.1, -0.05) is 66.2 Å². The van der Waals surface area contributed by atoms with Crippen molar-refractivity contribution in [3.63, 3.8) is 0 Å². The fourth-order valence-corrected chi connectivity index (χ4v) is 4.70. The molecule has 0 aromatic heterocycles. The lowest BCUT2D eigenvalue weighted by molar-refractivity contribution is -0.128. The third kappa shape index (κ3) is 3.76. The second kappa shape index (κ2) is 8.25. The lowest BCUT2D eigenvalue weighted by Gasteiger charge is -2.37. The Kier molecular flexibility index (Phi) is 5.32. The number of Topliss-reactive ketones (excluding diaryl/α,β-unsaturated/α-hetero) is 1. The smallest absolute Gasteiger partial charge is 0.173 e. The van der Waals surface area contributed by atoms with Crippen molar-refractivity contribution in [1.29, 1.82) is 0 Å². The number of halogens is 1. The van der Waals surface area contributed by atoms with Crippen LogP contribution in [0.15, 0.2) is 73.0 Å². The molecule has 0 bridgehead atoms. The molecular formula is C26H23ClO3. The number of hydrogen-bond donors (Lipinski definition) is 0. The monoisotopic (exact) mass is 418 g/mol. The number of ether oxygens (including phenoxy) is 2. The van der Waals surface area contributed by atoms with Crippen molar-refractivity contribution in [1.82, 2.24) is 0 Å². The highest BCUT2D eigenvalue weighted by Gasteiger charge is 2.40. The van der Waals surface area contributed by atoms with E-state index in [9.17, 15) is 4.79 Å². The Morgan fingerprint density at radius 3 is 2.63 bits per heavy atom. The van der Waals surface area contributed by atoms with Crippen molar-refractivity contribution in [3.8, 4) is 0 Å². The SMILES string of the molecule is O=C1C(c2ccc(Cl)cc2)=COC2CC(OCc3cccc4ccccc34)CCC12. The molecule has 0 amide bonds. The van der Waals surface area contributed by atoms with Crippen LogP contribution in [0, 0.1) is 5.92 Å². The third-order valence-corrected chi connectivity index (χ3v) is 6.47. The number of carbonyl (C=O) groups excluding carboxylic acids is 1. The topological polar surface area (TPSA) is 35.5 Å². The first-order chi connectivity index (χ1) is 14.7. The van der Waals surface area contributed by atoms with Gasteiger partial charge in [-0.05, 0) is 46.9 Å². The van der Waals surface area contributed by atoms with Crippen LogP contribution in [-0.4, -0.2) is 18.0 Å². The maximum atomic E-state index is 13.1. The fourth-order valence-electron chi connectivity index (χ4n) is 4.57. The van der Waals surface area contributed by atoms with Gasteiger partial charge in [0.2, 0.25) is 0 Å². The molecular weight excluding hydrogens is 396 g/mol. The van der Waals surface area contributed by atoms with Crippen LogP contribution >= 0.6 is 11.6 Å². The van der Waals surface area contributed by atoms with Crippen LogP contribution < -0.4 is 0 Å². The highest BCUT2D eigenvalue weighted by atomic mass is 35.5. The Morgan fingerprint density at radius 1 is 0.967 bits per heavy atom. The minimum absolute atomic E-state index is 0.0990. The van der Waals surface area contributed by atoms with Gasteiger partial charge in [0, 0.05) is 11.4 Å². The first-order valence-electron chi connectivity index (χ1n) is 10.4. The largest absolute Gasteiger partial charge is 0.496 e. The van der Waals surface area contributed by atoms with Crippen LogP contribution in [0.2, 0.25) is 5.02 Å². The summed E-state index contributed by atoms with van der Waals surface area (Å²) >= 11 is 5.97. The predicted molar refractivity (Wildman–Crippen MR) is 119 cm³/mol. The number of benzene rings is 3. The molecule has 1 saturated carbocycles. The summed E-state index contributed by atoms with van der Waals surface area (Å²) < 4.78 is 12.3. The second-order valence-corrected chi connectivity index (χ2v) is 8.50. The van der Waals surface area contributed by atoms with E-state index in [0.29, 0.717) is 17.2 Å². The molecule has 30 heavy (non-hydrogen) atoms. The van der Waals surface area contributed by atoms with E-state index >= 15 is 0 Å². The zero-order valence-corrected chi connectivity index (χ0v) is 17.3. The lowest BCUT2D eigenvalue weighted by Crippen LogP contribution is -2.41. The van der Waals surface area contributed by atoms with Gasteiger partial charge in [0.05, 0.1) is 30.5 Å². The highest BCUT2D eigenvalue weighted by molar-refractivity contribution is 6.30. The molecule has 3 nitrogen and oxygen atoms in total. The molecule has 0 radical (unpaired) electrons. The molecule has 3 aromatic rings. The Labute approximate surface area is 181 Å². The molecule has 0 N–H and O–H groups in total. The van der Waals surface area contributed by atoms with Gasteiger partial charge in [0.15, 0.2) is 5.78 Å². The molecule has 1 aliphatic carbocycles. The highest BCUT2D eigenvalue weighted by Crippen LogP contribution is 2.37. The van der Waals surface area contributed by atoms with Crippen LogP contribution in [0.25, 0.3) is 16.3 Å². The number of fused-ring (bicyclic) bond motifs is 2. The van der Waals surface area contributed by atoms with Gasteiger partial charge in [0.1, 0.15) is 6.10 Å². The van der Waals surface area contributed by atoms with Gasteiger partial charge >= 0.3 is 0 Å². The summed E-state index contributed by atoms with van der Waals surface area (Å²) in [6.07, 6.45) is 4.01. The Morgan fingerprint density at radius 2 is 1.77 bits per heavy atom. The summed E-state index contributed by atoms with van der Waals surface area (Å²) in [5.41, 5.74) is 2.70. The molecule has 0 saturated heterocycles. The van der Waals surface area contributed by atoms with Crippen LogP contribution in [-0.2, 0) is 20.9 Å². The number of hydrogen-bond acceptors (Lipinski definition) is 3. The van der Waals surface area contributed by atoms with E-state index in [1.165, 1.54) is 16.3 Å². The molecule has 1 aliphatic heterocycles. The molecule has 1 heterocycles. The van der Waals surface area contributed by atoms with Crippen molar-refractivity contribution in [3.05, 3.63) is 89.1 Å². The van der Waals surface area contributed by atoms with Crippen LogP contribution in [0.1, 0.15) is 30.4 Å². The van der Waals surface area contributed by atoms with Gasteiger partial charge in [-0.25, -0.2) is 0 Å². The molecule has 2 aliphatic rings. The standard InChI is InChI=1S/C26H23ClO3/c27-20-10-8-18(9-11-20)24-16-30-25-14-21(12-13-23(25)26(24)28)29-15-19-6-3-5-17-4-1-2-7-22(17)19/h1-11,16,21,23,25H,12-15H2. The molecule has 4 heteroatoms. The van der Waals surface area contributed by atoms with Crippen molar-refractivity contribution in [2.45, 2.75) is 38.1 Å². The number of carbonyl (C=O) groups is 1. The molecule has 5 rings (SSSR count). The minimum Gasteiger partial charge on any atom is -0.496 e. The Bertz CT molecular complexity index is 1100. The van der Waals surface area contributed by atoms with Crippen LogP contribution in [0.4, 0.5) is 0 Å². The first-order valence-corrected chi connectivity index (χ1v) is 10.8. The summed E-state index contributed by atoms with van der Waals surface area (Å²) in [5, 5.41) is 3.11. The normalized spacial score (nSPS) is 23.6. The molecule has 152 valence electrons. The van der Waals surface area contributed by atoms with E-state index in [4.69, 9.17) is 21.1 Å².